The fourth-order valence-corrected chi connectivity index (χ4v) is 1.67. The normalized spacial score (nSPS) is 11.9. The van der Waals surface area contributed by atoms with Gasteiger partial charge in [0.1, 0.15) is 11.4 Å². The van der Waals surface area contributed by atoms with Gasteiger partial charge in [-0.25, -0.2) is 4.79 Å². The van der Waals surface area contributed by atoms with Crippen molar-refractivity contribution < 1.29 is 14.3 Å². The van der Waals surface area contributed by atoms with Gasteiger partial charge in [-0.1, -0.05) is 12.1 Å². The van der Waals surface area contributed by atoms with Crippen LogP contribution in [0.25, 0.3) is 0 Å². The zero-order valence-electron chi connectivity index (χ0n) is 13.7. The molecule has 3 N–H and O–H groups in total. The lowest BCUT2D eigenvalue weighted by molar-refractivity contribution is 0.0562. The second-order valence-electron chi connectivity index (χ2n) is 5.72. The molecule has 0 aromatic heterocycles. The van der Waals surface area contributed by atoms with Gasteiger partial charge in [0.25, 0.3) is 0 Å². The first-order valence-corrected chi connectivity index (χ1v) is 7.32. The second kappa shape index (κ2) is 8.26. The van der Waals surface area contributed by atoms with Gasteiger partial charge in [0.2, 0.25) is 0 Å². The molecule has 0 unspecified atom stereocenters. The topological polar surface area (TPSA) is 85.9 Å². The van der Waals surface area contributed by atoms with Crippen molar-refractivity contribution in [3.05, 3.63) is 29.8 Å². The zero-order chi connectivity index (χ0) is 16.6. The summed E-state index contributed by atoms with van der Waals surface area (Å²) >= 11 is 0. The summed E-state index contributed by atoms with van der Waals surface area (Å²) in [5.74, 6) is 0.904. The summed E-state index contributed by atoms with van der Waals surface area (Å²) in [7, 11) is 0. The number of guanidine groups is 1. The van der Waals surface area contributed by atoms with Gasteiger partial charge in [0.15, 0.2) is 5.96 Å². The molecule has 0 radical (unpaired) electrons. The molecule has 6 heteroatoms. The Hall–Kier alpha value is -2.24. The monoisotopic (exact) mass is 307 g/mol. The predicted octanol–water partition coefficient (Wildman–Crippen LogP) is 2.47. The summed E-state index contributed by atoms with van der Waals surface area (Å²) in [6, 6.07) is 7.81. The molecule has 1 amide bonds. The molecule has 1 rings (SSSR count). The first-order chi connectivity index (χ1) is 10.3. The van der Waals surface area contributed by atoms with Crippen LogP contribution in [0.4, 0.5) is 4.79 Å². The maximum Gasteiger partial charge on any atom is 0.414 e. The summed E-state index contributed by atoms with van der Waals surface area (Å²) in [5, 5.41) is 2.40. The molecule has 1 aromatic carbocycles. The number of nitrogens with zero attached hydrogens (tertiary/aromatic N) is 1. The molecule has 1 aromatic rings. The van der Waals surface area contributed by atoms with Gasteiger partial charge in [-0.3, -0.25) is 10.3 Å². The summed E-state index contributed by atoms with van der Waals surface area (Å²) in [6.07, 6.45) is 0.123. The molecule has 0 spiro atoms. The van der Waals surface area contributed by atoms with E-state index in [9.17, 15) is 4.79 Å². The van der Waals surface area contributed by atoms with Gasteiger partial charge in [0, 0.05) is 6.54 Å². The number of ether oxygens (including phenoxy) is 2. The third-order valence-corrected chi connectivity index (χ3v) is 2.55. The largest absolute Gasteiger partial charge is 0.494 e. The van der Waals surface area contributed by atoms with Crippen LogP contribution in [0.15, 0.2) is 29.3 Å². The Morgan fingerprint density at radius 1 is 1.27 bits per heavy atom. The minimum Gasteiger partial charge on any atom is -0.494 e. The zero-order valence-corrected chi connectivity index (χ0v) is 13.7. The van der Waals surface area contributed by atoms with Crippen molar-refractivity contribution in [2.75, 3.05) is 13.2 Å². The molecular weight excluding hydrogens is 282 g/mol. The fraction of sp³-hybridized carbons (Fsp3) is 0.500. The number of alkyl carbamates (subject to hydrolysis) is 1. The fourth-order valence-electron chi connectivity index (χ4n) is 1.67. The molecule has 0 saturated carbocycles. The predicted molar refractivity (Wildman–Crippen MR) is 87.2 cm³/mol. The Balaban J connectivity index is 2.39. The van der Waals surface area contributed by atoms with Crippen LogP contribution in [0.5, 0.6) is 5.75 Å². The number of carbonyl (C=O) groups excluding carboxylic acids is 1. The van der Waals surface area contributed by atoms with Crippen LogP contribution in [0.1, 0.15) is 33.3 Å². The lowest BCUT2D eigenvalue weighted by Crippen LogP contribution is -2.40. The number of nitrogens with one attached hydrogen (secondary N) is 1. The maximum absolute atomic E-state index is 11.5. The molecule has 0 bridgehead atoms. The van der Waals surface area contributed by atoms with E-state index in [0.29, 0.717) is 13.2 Å². The van der Waals surface area contributed by atoms with Crippen molar-refractivity contribution >= 4 is 12.1 Å². The number of hydrogen-bond donors (Lipinski definition) is 2. The number of carbonyl (C=O) groups is 1. The minimum absolute atomic E-state index is 0.0557. The molecule has 0 atom stereocenters. The van der Waals surface area contributed by atoms with Crippen LogP contribution in [0, 0.1) is 0 Å². The summed E-state index contributed by atoms with van der Waals surface area (Å²) in [5.41, 5.74) is 6.20. The second-order valence-corrected chi connectivity index (χ2v) is 5.72. The highest BCUT2D eigenvalue weighted by Crippen LogP contribution is 2.12. The van der Waals surface area contributed by atoms with E-state index in [2.05, 4.69) is 10.3 Å². The average molecular weight is 307 g/mol. The van der Waals surface area contributed by atoms with Crippen LogP contribution in [-0.4, -0.2) is 30.8 Å². The van der Waals surface area contributed by atoms with E-state index in [0.717, 1.165) is 17.7 Å². The van der Waals surface area contributed by atoms with Gasteiger partial charge in [0.05, 0.1) is 6.61 Å². The van der Waals surface area contributed by atoms with E-state index >= 15 is 0 Å². The van der Waals surface area contributed by atoms with Crippen molar-refractivity contribution in [1.29, 1.82) is 0 Å². The summed E-state index contributed by atoms with van der Waals surface area (Å²) in [6.45, 7) is 8.43. The molecule has 0 saturated heterocycles. The van der Waals surface area contributed by atoms with Crippen LogP contribution in [0.3, 0.4) is 0 Å². The average Bonchev–Trinajstić information content (AvgIpc) is 2.38. The molecular formula is C16H25N3O3. The van der Waals surface area contributed by atoms with E-state index in [1.54, 1.807) is 20.8 Å². The quantitative estimate of drug-likeness (QED) is 0.646. The smallest absolute Gasteiger partial charge is 0.414 e. The first-order valence-electron chi connectivity index (χ1n) is 7.32. The third-order valence-electron chi connectivity index (χ3n) is 2.55. The van der Waals surface area contributed by atoms with E-state index in [1.165, 1.54) is 0 Å². The van der Waals surface area contributed by atoms with Gasteiger partial charge in [-0.2, -0.15) is 0 Å². The van der Waals surface area contributed by atoms with Crippen molar-refractivity contribution in [2.24, 2.45) is 10.7 Å². The number of hydrogen-bond acceptors (Lipinski definition) is 4. The van der Waals surface area contributed by atoms with Crippen LogP contribution in [-0.2, 0) is 11.2 Å². The van der Waals surface area contributed by atoms with Crippen LogP contribution >= 0.6 is 0 Å². The van der Waals surface area contributed by atoms with E-state index < -0.39 is 11.7 Å². The van der Waals surface area contributed by atoms with Crippen LogP contribution in [0.2, 0.25) is 0 Å². The van der Waals surface area contributed by atoms with Gasteiger partial charge >= 0.3 is 6.09 Å². The SMILES string of the molecule is CCOc1ccc(CCN=C(N)NC(=O)OC(C)(C)C)cc1. The first kappa shape index (κ1) is 17.8. The van der Waals surface area contributed by atoms with E-state index in [-0.39, 0.29) is 5.96 Å². The molecule has 122 valence electrons. The lowest BCUT2D eigenvalue weighted by atomic mass is 10.1. The van der Waals surface area contributed by atoms with Crippen molar-refractivity contribution in [1.82, 2.24) is 5.32 Å². The van der Waals surface area contributed by atoms with Gasteiger partial charge in [-0.05, 0) is 51.8 Å². The number of benzene rings is 1. The van der Waals surface area contributed by atoms with E-state index in [4.69, 9.17) is 15.2 Å². The highest BCUT2D eigenvalue weighted by Gasteiger charge is 2.16. The molecule has 22 heavy (non-hydrogen) atoms. The van der Waals surface area contributed by atoms with Crippen LogP contribution < -0.4 is 15.8 Å². The van der Waals surface area contributed by atoms with Gasteiger partial charge in [-0.15, -0.1) is 0 Å². The molecule has 0 fully saturated rings. The summed E-state index contributed by atoms with van der Waals surface area (Å²) in [4.78, 5) is 15.6. The number of rotatable bonds is 5. The number of amides is 1. The Morgan fingerprint density at radius 2 is 1.91 bits per heavy atom. The Morgan fingerprint density at radius 3 is 2.45 bits per heavy atom. The minimum atomic E-state index is -0.602. The molecule has 0 aliphatic rings. The Bertz CT molecular complexity index is 504. The highest BCUT2D eigenvalue weighted by molar-refractivity contribution is 5.92. The molecule has 0 aliphatic carbocycles. The molecule has 0 aliphatic heterocycles. The summed E-state index contributed by atoms with van der Waals surface area (Å²) < 4.78 is 10.5. The molecule has 6 nitrogen and oxygen atoms in total. The van der Waals surface area contributed by atoms with E-state index in [1.807, 2.05) is 31.2 Å². The standard InChI is InChI=1S/C16H25N3O3/c1-5-21-13-8-6-12(7-9-13)10-11-18-14(17)19-15(20)22-16(2,3)4/h6-9H,5,10-11H2,1-4H3,(H3,17,18,19,20). The highest BCUT2D eigenvalue weighted by atomic mass is 16.6. The Kier molecular flexibility index (Phi) is 6.69. The Labute approximate surface area is 131 Å². The van der Waals surface area contributed by atoms with Crippen molar-refractivity contribution in [3.63, 3.8) is 0 Å². The van der Waals surface area contributed by atoms with Gasteiger partial charge < -0.3 is 15.2 Å². The lowest BCUT2D eigenvalue weighted by Gasteiger charge is -2.19. The number of nitrogens with two attached hydrogens (primary N) is 1. The number of aliphatic imine (C=N–C) groups is 1. The maximum atomic E-state index is 11.5. The third kappa shape index (κ3) is 7.52. The van der Waals surface area contributed by atoms with Crippen molar-refractivity contribution in [2.45, 2.75) is 39.7 Å². The van der Waals surface area contributed by atoms with Crippen molar-refractivity contribution in [3.8, 4) is 5.75 Å². The molecule has 0 heterocycles.